The number of rotatable bonds is 8. The molecule has 0 fully saturated rings. The molecule has 5 nitrogen and oxygen atoms in total. The van der Waals surface area contributed by atoms with Crippen molar-refractivity contribution in [3.05, 3.63) is 94.1 Å². The Balaban J connectivity index is 1.78. The highest BCUT2D eigenvalue weighted by molar-refractivity contribution is 6.09. The van der Waals surface area contributed by atoms with Gasteiger partial charge in [0.2, 0.25) is 0 Å². The summed E-state index contributed by atoms with van der Waals surface area (Å²) < 4.78 is 11.0. The number of hydrogen-bond donors (Lipinski definition) is 1. The number of anilines is 1. The van der Waals surface area contributed by atoms with Gasteiger partial charge in [-0.2, -0.15) is 5.26 Å². The summed E-state index contributed by atoms with van der Waals surface area (Å²) in [6.07, 6.45) is 2.30. The lowest BCUT2D eigenvalue weighted by Crippen LogP contribution is -2.13. The number of methoxy groups -OCH3 is 1. The van der Waals surface area contributed by atoms with Crippen molar-refractivity contribution in [2.45, 2.75) is 27.2 Å². The first-order chi connectivity index (χ1) is 15.9. The van der Waals surface area contributed by atoms with Crippen molar-refractivity contribution >= 4 is 17.7 Å². The molecule has 3 rings (SSSR count). The molecule has 1 N–H and O–H groups in total. The van der Waals surface area contributed by atoms with E-state index in [1.807, 2.05) is 31.2 Å². The molecule has 0 unspecified atom stereocenters. The van der Waals surface area contributed by atoms with Gasteiger partial charge in [-0.25, -0.2) is 0 Å². The summed E-state index contributed by atoms with van der Waals surface area (Å²) in [4.78, 5) is 12.6. The average molecular weight is 441 g/mol. The summed E-state index contributed by atoms with van der Waals surface area (Å²) >= 11 is 0. The predicted octanol–water partition coefficient (Wildman–Crippen LogP) is 5.85. The van der Waals surface area contributed by atoms with Gasteiger partial charge in [-0.05, 0) is 73.9 Å². The highest BCUT2D eigenvalue weighted by Crippen LogP contribution is 2.25. The standard InChI is InChI=1S/C28H28N2O3/c1-5-33-26-10-8-25(9-11-26)30-28(31)24(18-29)15-21-6-7-23(27(17-21)32-4)16-22-13-19(2)12-20(3)14-22/h6-15,17H,5,16H2,1-4H3,(H,30,31)/b24-15+. The lowest BCUT2D eigenvalue weighted by Gasteiger charge is -2.11. The molecule has 1 amide bonds. The minimum Gasteiger partial charge on any atom is -0.496 e. The van der Waals surface area contributed by atoms with E-state index < -0.39 is 5.91 Å². The summed E-state index contributed by atoms with van der Waals surface area (Å²) in [5, 5.41) is 12.3. The Morgan fingerprint density at radius 1 is 1.03 bits per heavy atom. The number of ether oxygens (including phenoxy) is 2. The molecule has 0 bridgehead atoms. The number of aryl methyl sites for hydroxylation is 2. The van der Waals surface area contributed by atoms with Crippen molar-refractivity contribution in [1.82, 2.24) is 0 Å². The molecule has 0 aliphatic rings. The smallest absolute Gasteiger partial charge is 0.266 e. The number of carbonyl (C=O) groups excluding carboxylic acids is 1. The molecule has 0 spiro atoms. The van der Waals surface area contributed by atoms with Crippen LogP contribution in [-0.4, -0.2) is 19.6 Å². The second-order valence-corrected chi connectivity index (χ2v) is 7.83. The van der Waals surface area contributed by atoms with Crippen molar-refractivity contribution in [2.24, 2.45) is 0 Å². The predicted molar refractivity (Wildman–Crippen MR) is 132 cm³/mol. The van der Waals surface area contributed by atoms with Crippen LogP contribution in [0.2, 0.25) is 0 Å². The van der Waals surface area contributed by atoms with Gasteiger partial charge in [0.05, 0.1) is 13.7 Å². The second-order valence-electron chi connectivity index (χ2n) is 7.83. The summed E-state index contributed by atoms with van der Waals surface area (Å²) in [7, 11) is 1.62. The lowest BCUT2D eigenvalue weighted by atomic mass is 9.98. The van der Waals surface area contributed by atoms with E-state index >= 15 is 0 Å². The molecule has 5 heteroatoms. The Bertz CT molecular complexity index is 1180. The number of nitrogens with one attached hydrogen (secondary N) is 1. The SMILES string of the molecule is CCOc1ccc(NC(=O)/C(C#N)=C/c2ccc(Cc3cc(C)cc(C)c3)c(OC)c2)cc1. The number of carbonyl (C=O) groups is 1. The molecule has 0 atom stereocenters. The third kappa shape index (κ3) is 6.47. The molecule has 0 radical (unpaired) electrons. The first kappa shape index (κ1) is 23.6. The van der Waals surface area contributed by atoms with E-state index in [0.29, 0.717) is 18.0 Å². The molecule has 33 heavy (non-hydrogen) atoms. The Labute approximate surface area is 195 Å². The molecule has 0 aromatic heterocycles. The summed E-state index contributed by atoms with van der Waals surface area (Å²) in [6.45, 7) is 6.65. The number of benzene rings is 3. The topological polar surface area (TPSA) is 71.3 Å². The third-order valence-electron chi connectivity index (χ3n) is 5.09. The van der Waals surface area contributed by atoms with Gasteiger partial charge in [-0.3, -0.25) is 4.79 Å². The maximum absolute atomic E-state index is 12.6. The van der Waals surface area contributed by atoms with E-state index in [1.54, 1.807) is 37.5 Å². The van der Waals surface area contributed by atoms with Gasteiger partial charge >= 0.3 is 0 Å². The van der Waals surface area contributed by atoms with Gasteiger partial charge in [0, 0.05) is 12.1 Å². The first-order valence-corrected chi connectivity index (χ1v) is 10.8. The summed E-state index contributed by atoms with van der Waals surface area (Å²) in [6, 6.07) is 21.2. The molecule has 0 saturated carbocycles. The first-order valence-electron chi connectivity index (χ1n) is 10.8. The van der Waals surface area contributed by atoms with Crippen LogP contribution >= 0.6 is 0 Å². The zero-order valence-electron chi connectivity index (χ0n) is 19.4. The van der Waals surface area contributed by atoms with E-state index in [9.17, 15) is 10.1 Å². The molecule has 3 aromatic carbocycles. The van der Waals surface area contributed by atoms with Crippen molar-refractivity contribution in [3.63, 3.8) is 0 Å². The van der Waals surface area contributed by atoms with Crippen LogP contribution in [0.15, 0.2) is 66.2 Å². The van der Waals surface area contributed by atoms with E-state index in [2.05, 4.69) is 37.4 Å². The van der Waals surface area contributed by atoms with Crippen LogP contribution in [0.25, 0.3) is 6.08 Å². The normalized spacial score (nSPS) is 10.9. The quantitative estimate of drug-likeness (QED) is 0.352. The Morgan fingerprint density at radius 2 is 1.73 bits per heavy atom. The van der Waals surface area contributed by atoms with Crippen LogP contribution in [0.3, 0.4) is 0 Å². The molecule has 0 aliphatic heterocycles. The van der Waals surface area contributed by atoms with Gasteiger partial charge in [0.1, 0.15) is 23.1 Å². The third-order valence-corrected chi connectivity index (χ3v) is 5.09. The Morgan fingerprint density at radius 3 is 2.33 bits per heavy atom. The zero-order chi connectivity index (χ0) is 23.8. The van der Waals surface area contributed by atoms with E-state index in [-0.39, 0.29) is 5.57 Å². The Hall–Kier alpha value is -4.04. The fraction of sp³-hybridized carbons (Fsp3) is 0.214. The van der Waals surface area contributed by atoms with Crippen LogP contribution < -0.4 is 14.8 Å². The zero-order valence-corrected chi connectivity index (χ0v) is 19.4. The summed E-state index contributed by atoms with van der Waals surface area (Å²) in [5.74, 6) is 0.964. The molecular formula is C28H28N2O3. The van der Waals surface area contributed by atoms with Crippen LogP contribution in [0, 0.1) is 25.2 Å². The van der Waals surface area contributed by atoms with Crippen LogP contribution in [0.5, 0.6) is 11.5 Å². The number of nitrogens with zero attached hydrogens (tertiary/aromatic N) is 1. The number of amides is 1. The minimum absolute atomic E-state index is 0.00740. The highest BCUT2D eigenvalue weighted by Gasteiger charge is 2.12. The molecule has 0 aliphatic carbocycles. The second kappa shape index (κ2) is 11.0. The maximum atomic E-state index is 12.6. The molecule has 0 heterocycles. The van der Waals surface area contributed by atoms with Crippen LogP contribution in [-0.2, 0) is 11.2 Å². The van der Waals surface area contributed by atoms with Gasteiger partial charge in [-0.15, -0.1) is 0 Å². The van der Waals surface area contributed by atoms with Crippen molar-refractivity contribution < 1.29 is 14.3 Å². The van der Waals surface area contributed by atoms with Crippen LogP contribution in [0.1, 0.15) is 34.7 Å². The lowest BCUT2D eigenvalue weighted by molar-refractivity contribution is -0.112. The van der Waals surface area contributed by atoms with E-state index in [4.69, 9.17) is 9.47 Å². The van der Waals surface area contributed by atoms with Gasteiger partial charge in [0.25, 0.3) is 5.91 Å². The minimum atomic E-state index is -0.472. The number of nitriles is 1. The largest absolute Gasteiger partial charge is 0.496 e. The van der Waals surface area contributed by atoms with Crippen molar-refractivity contribution in [3.8, 4) is 17.6 Å². The molecule has 0 saturated heterocycles. The average Bonchev–Trinajstić information content (AvgIpc) is 2.79. The van der Waals surface area contributed by atoms with Crippen LogP contribution in [0.4, 0.5) is 5.69 Å². The van der Waals surface area contributed by atoms with Crippen molar-refractivity contribution in [1.29, 1.82) is 5.26 Å². The van der Waals surface area contributed by atoms with Gasteiger partial charge in [-0.1, -0.05) is 41.5 Å². The highest BCUT2D eigenvalue weighted by atomic mass is 16.5. The fourth-order valence-electron chi connectivity index (χ4n) is 3.70. The van der Waals surface area contributed by atoms with Gasteiger partial charge in [0.15, 0.2) is 0 Å². The fourth-order valence-corrected chi connectivity index (χ4v) is 3.70. The summed E-state index contributed by atoms with van der Waals surface area (Å²) in [5.41, 5.74) is 6.01. The van der Waals surface area contributed by atoms with E-state index in [1.165, 1.54) is 16.7 Å². The monoisotopic (exact) mass is 440 g/mol. The van der Waals surface area contributed by atoms with Gasteiger partial charge < -0.3 is 14.8 Å². The van der Waals surface area contributed by atoms with E-state index in [0.717, 1.165) is 23.3 Å². The molecule has 3 aromatic rings. The number of hydrogen-bond acceptors (Lipinski definition) is 4. The Kier molecular flexibility index (Phi) is 7.88. The van der Waals surface area contributed by atoms with Crippen molar-refractivity contribution in [2.75, 3.05) is 19.0 Å². The maximum Gasteiger partial charge on any atom is 0.266 e. The molecule has 168 valence electrons. The molecular weight excluding hydrogens is 412 g/mol.